The first-order valence-electron chi connectivity index (χ1n) is 13.6. The van der Waals surface area contributed by atoms with Gasteiger partial charge in [0.15, 0.2) is 0 Å². The SMILES string of the molecule is Cc1ccc(N2c3ccc(C)cc3B3c4c2cccc4N(c2ccc(C)cc2)C2C=CC(C)CC32)cc1. The standard InChI is InChI=1S/C34H33BN2/c1-22-8-14-26(15-9-22)36-30-18-12-24(3)20-28(30)35-29-21-25(4)13-19-31(29)37(27-16-10-23(2)11-17-27)33-7-5-6-32(36)34(33)35/h5-20,25,29,31H,21H2,1-4H3. The number of anilines is 5. The Morgan fingerprint density at radius 1 is 0.676 bits per heavy atom. The molecule has 3 atom stereocenters. The zero-order chi connectivity index (χ0) is 25.3. The molecule has 0 saturated carbocycles. The van der Waals surface area contributed by atoms with Gasteiger partial charge in [-0.3, -0.25) is 0 Å². The fraction of sp³-hybridized carbons (Fsp3) is 0.235. The van der Waals surface area contributed by atoms with E-state index in [0.717, 1.165) is 0 Å². The van der Waals surface area contributed by atoms with E-state index < -0.39 is 0 Å². The van der Waals surface area contributed by atoms with Gasteiger partial charge in [0.05, 0.1) is 0 Å². The first kappa shape index (κ1) is 22.5. The maximum absolute atomic E-state index is 2.62. The molecule has 3 aliphatic rings. The van der Waals surface area contributed by atoms with Crippen molar-refractivity contribution in [2.75, 3.05) is 9.80 Å². The van der Waals surface area contributed by atoms with Crippen LogP contribution in [0.4, 0.5) is 28.4 Å². The number of fused-ring (bicyclic) bond motifs is 4. The molecule has 0 bridgehead atoms. The van der Waals surface area contributed by atoms with Crippen molar-refractivity contribution in [1.29, 1.82) is 0 Å². The van der Waals surface area contributed by atoms with Crippen LogP contribution >= 0.6 is 0 Å². The zero-order valence-electron chi connectivity index (χ0n) is 22.1. The summed E-state index contributed by atoms with van der Waals surface area (Å²) in [5.74, 6) is 1.09. The van der Waals surface area contributed by atoms with Crippen molar-refractivity contribution in [1.82, 2.24) is 0 Å². The maximum Gasteiger partial charge on any atom is 0.223 e. The Hall–Kier alpha value is -3.72. The molecule has 2 aliphatic heterocycles. The molecule has 3 unspecified atom stereocenters. The van der Waals surface area contributed by atoms with Crippen molar-refractivity contribution < 1.29 is 0 Å². The maximum atomic E-state index is 2.62. The average molecular weight is 480 g/mol. The number of hydrogen-bond donors (Lipinski definition) is 0. The second-order valence-electron chi connectivity index (χ2n) is 11.4. The molecule has 2 nitrogen and oxygen atoms in total. The van der Waals surface area contributed by atoms with Crippen molar-refractivity contribution in [3.63, 3.8) is 0 Å². The van der Waals surface area contributed by atoms with E-state index >= 15 is 0 Å². The third-order valence-electron chi connectivity index (χ3n) is 8.68. The highest BCUT2D eigenvalue weighted by atomic mass is 15.2. The number of nitrogens with zero attached hydrogens (tertiary/aromatic N) is 2. The normalized spacial score (nSPS) is 21.4. The Morgan fingerprint density at radius 3 is 2.05 bits per heavy atom. The second-order valence-corrected chi connectivity index (χ2v) is 11.4. The lowest BCUT2D eigenvalue weighted by atomic mass is 9.28. The fourth-order valence-electron chi connectivity index (χ4n) is 6.98. The lowest BCUT2D eigenvalue weighted by molar-refractivity contribution is 0.527. The second kappa shape index (κ2) is 8.41. The highest BCUT2D eigenvalue weighted by Crippen LogP contribution is 2.49. The molecule has 37 heavy (non-hydrogen) atoms. The van der Waals surface area contributed by atoms with Gasteiger partial charge in [-0.25, -0.2) is 0 Å². The number of benzene rings is 4. The third kappa shape index (κ3) is 3.48. The summed E-state index contributed by atoms with van der Waals surface area (Å²) in [7, 11) is 0. The van der Waals surface area contributed by atoms with Crippen molar-refractivity contribution in [2.45, 2.75) is 46.0 Å². The van der Waals surface area contributed by atoms with Gasteiger partial charge in [-0.2, -0.15) is 0 Å². The van der Waals surface area contributed by atoms with Crippen LogP contribution in [0, 0.1) is 26.7 Å². The molecule has 7 rings (SSSR count). The lowest BCUT2D eigenvalue weighted by Gasteiger charge is -2.51. The molecule has 182 valence electrons. The van der Waals surface area contributed by atoms with Crippen LogP contribution in [-0.2, 0) is 0 Å². The smallest absolute Gasteiger partial charge is 0.223 e. The molecule has 0 radical (unpaired) electrons. The van der Waals surface area contributed by atoms with Crippen LogP contribution < -0.4 is 20.7 Å². The van der Waals surface area contributed by atoms with Gasteiger partial charge < -0.3 is 9.80 Å². The highest BCUT2D eigenvalue weighted by Gasteiger charge is 2.49. The van der Waals surface area contributed by atoms with Crippen LogP contribution in [0.3, 0.4) is 0 Å². The molecule has 0 spiro atoms. The van der Waals surface area contributed by atoms with Gasteiger partial charge in [-0.15, -0.1) is 0 Å². The van der Waals surface area contributed by atoms with E-state index in [4.69, 9.17) is 0 Å². The fourth-order valence-corrected chi connectivity index (χ4v) is 6.98. The van der Waals surface area contributed by atoms with Crippen LogP contribution in [0.5, 0.6) is 0 Å². The van der Waals surface area contributed by atoms with Crippen LogP contribution in [0.15, 0.2) is 97.1 Å². The molecular weight excluding hydrogens is 447 g/mol. The number of hydrogen-bond acceptors (Lipinski definition) is 2. The molecule has 0 fully saturated rings. The Labute approximate surface area is 221 Å². The Bertz CT molecular complexity index is 1520. The molecule has 0 N–H and O–H groups in total. The number of allylic oxidation sites excluding steroid dienone is 1. The van der Waals surface area contributed by atoms with Gasteiger partial charge in [-0.05, 0) is 92.3 Å². The monoisotopic (exact) mass is 480 g/mol. The molecule has 2 heterocycles. The van der Waals surface area contributed by atoms with Gasteiger partial charge in [0.25, 0.3) is 0 Å². The highest BCUT2D eigenvalue weighted by molar-refractivity contribution is 6.91. The van der Waals surface area contributed by atoms with Gasteiger partial charge in [0.2, 0.25) is 6.71 Å². The Kier molecular flexibility index (Phi) is 5.11. The van der Waals surface area contributed by atoms with Crippen molar-refractivity contribution in [2.24, 2.45) is 5.92 Å². The van der Waals surface area contributed by atoms with Crippen molar-refractivity contribution in [3.05, 3.63) is 114 Å². The number of aryl methyl sites for hydroxylation is 3. The molecule has 4 aromatic carbocycles. The van der Waals surface area contributed by atoms with Crippen LogP contribution in [0.1, 0.15) is 30.0 Å². The zero-order valence-corrected chi connectivity index (χ0v) is 22.1. The Balaban J connectivity index is 1.53. The first-order valence-corrected chi connectivity index (χ1v) is 13.6. The third-order valence-corrected chi connectivity index (χ3v) is 8.68. The summed E-state index contributed by atoms with van der Waals surface area (Å²) in [4.78, 5) is 5.12. The number of rotatable bonds is 2. The van der Waals surface area contributed by atoms with Gasteiger partial charge in [0, 0.05) is 34.5 Å². The van der Waals surface area contributed by atoms with E-state index in [-0.39, 0.29) is 0 Å². The summed E-state index contributed by atoms with van der Waals surface area (Å²) in [5, 5.41) is 0. The topological polar surface area (TPSA) is 6.48 Å². The van der Waals surface area contributed by atoms with Gasteiger partial charge >= 0.3 is 0 Å². The summed E-state index contributed by atoms with van der Waals surface area (Å²) >= 11 is 0. The van der Waals surface area contributed by atoms with Crippen molar-refractivity contribution in [3.8, 4) is 0 Å². The largest absolute Gasteiger partial charge is 0.335 e. The van der Waals surface area contributed by atoms with E-state index in [0.29, 0.717) is 24.5 Å². The summed E-state index contributed by atoms with van der Waals surface area (Å²) in [6, 6.07) is 32.5. The van der Waals surface area contributed by atoms with Crippen LogP contribution in [-0.4, -0.2) is 12.8 Å². The molecule has 0 amide bonds. The van der Waals surface area contributed by atoms with E-state index in [9.17, 15) is 0 Å². The molecule has 3 heteroatoms. The summed E-state index contributed by atoms with van der Waals surface area (Å²) in [6.07, 6.45) is 6.13. The molecule has 0 aromatic heterocycles. The predicted molar refractivity (Wildman–Crippen MR) is 159 cm³/mol. The van der Waals surface area contributed by atoms with E-state index in [1.165, 1.54) is 62.5 Å². The molecule has 4 aromatic rings. The quantitative estimate of drug-likeness (QED) is 0.217. The Morgan fingerprint density at radius 2 is 1.32 bits per heavy atom. The predicted octanol–water partition coefficient (Wildman–Crippen LogP) is 7.49. The van der Waals surface area contributed by atoms with Gasteiger partial charge in [-0.1, -0.05) is 78.2 Å². The molecular formula is C34H33BN2. The average Bonchev–Trinajstić information content (AvgIpc) is 2.90. The minimum atomic E-state index is 0.339. The minimum absolute atomic E-state index is 0.339. The van der Waals surface area contributed by atoms with Crippen LogP contribution in [0.2, 0.25) is 5.82 Å². The lowest BCUT2D eigenvalue weighted by Crippen LogP contribution is -2.62. The summed E-state index contributed by atoms with van der Waals surface area (Å²) < 4.78 is 0. The molecule has 0 saturated heterocycles. The van der Waals surface area contributed by atoms with E-state index in [2.05, 4.69) is 135 Å². The summed E-state index contributed by atoms with van der Waals surface area (Å²) in [5.41, 5.74) is 13.4. The van der Waals surface area contributed by atoms with E-state index in [1.807, 2.05) is 0 Å². The van der Waals surface area contributed by atoms with Crippen molar-refractivity contribution >= 4 is 46.1 Å². The van der Waals surface area contributed by atoms with E-state index in [1.54, 1.807) is 0 Å². The van der Waals surface area contributed by atoms with Crippen LogP contribution in [0.25, 0.3) is 0 Å². The molecule has 1 aliphatic carbocycles. The van der Waals surface area contributed by atoms with Gasteiger partial charge in [0.1, 0.15) is 0 Å². The summed E-state index contributed by atoms with van der Waals surface area (Å²) in [6.45, 7) is 9.32. The minimum Gasteiger partial charge on any atom is -0.335 e. The first-order chi connectivity index (χ1) is 18.0.